The largest absolute Gasteiger partial charge is 0.493 e. The predicted molar refractivity (Wildman–Crippen MR) is 88.0 cm³/mol. The number of rotatable bonds is 9. The molecule has 0 radical (unpaired) electrons. The van der Waals surface area contributed by atoms with Gasteiger partial charge in [-0.1, -0.05) is 0 Å². The van der Waals surface area contributed by atoms with Crippen molar-refractivity contribution < 1.29 is 33.7 Å². The summed E-state index contributed by atoms with van der Waals surface area (Å²) in [5.74, 6) is -1.88. The normalized spacial score (nSPS) is 10.3. The van der Waals surface area contributed by atoms with E-state index in [1.807, 2.05) is 0 Å². The standard InChI is InChI=1S/C16H22N2O7/c1-9(2)18(7-14(20)21)16(22)10-5-11(23-3)15(12(6-10)24-4)25-8-13(17)19/h5-6,9H,7-8H2,1-4H3,(H2,17,19)(H,20,21). The zero-order valence-corrected chi connectivity index (χ0v) is 14.6. The highest BCUT2D eigenvalue weighted by atomic mass is 16.5. The molecule has 0 heterocycles. The van der Waals surface area contributed by atoms with E-state index in [9.17, 15) is 14.4 Å². The molecule has 0 atom stereocenters. The van der Waals surface area contributed by atoms with Crippen molar-refractivity contribution in [3.63, 3.8) is 0 Å². The van der Waals surface area contributed by atoms with E-state index in [2.05, 4.69) is 0 Å². The Morgan fingerprint density at radius 3 is 2.04 bits per heavy atom. The maximum absolute atomic E-state index is 12.7. The Kier molecular flexibility index (Phi) is 7.04. The first-order valence-electron chi connectivity index (χ1n) is 7.41. The van der Waals surface area contributed by atoms with Crippen molar-refractivity contribution in [1.82, 2.24) is 4.90 Å². The molecule has 0 saturated carbocycles. The summed E-state index contributed by atoms with van der Waals surface area (Å²) in [5, 5.41) is 8.99. The molecule has 0 unspecified atom stereocenters. The minimum Gasteiger partial charge on any atom is -0.493 e. The van der Waals surface area contributed by atoms with E-state index in [1.54, 1.807) is 13.8 Å². The highest BCUT2D eigenvalue weighted by Crippen LogP contribution is 2.39. The molecule has 1 rings (SSSR count). The highest BCUT2D eigenvalue weighted by Gasteiger charge is 2.25. The van der Waals surface area contributed by atoms with Crippen LogP contribution in [-0.4, -0.2) is 61.2 Å². The number of carbonyl (C=O) groups is 3. The predicted octanol–water partition coefficient (Wildman–Crippen LogP) is 0.503. The van der Waals surface area contributed by atoms with Crippen molar-refractivity contribution in [2.75, 3.05) is 27.4 Å². The van der Waals surface area contributed by atoms with Gasteiger partial charge in [-0.15, -0.1) is 0 Å². The average molecular weight is 354 g/mol. The molecule has 138 valence electrons. The lowest BCUT2D eigenvalue weighted by atomic mass is 10.1. The number of amides is 2. The van der Waals surface area contributed by atoms with Crippen LogP contribution in [0.15, 0.2) is 12.1 Å². The first-order valence-corrected chi connectivity index (χ1v) is 7.41. The number of ether oxygens (including phenoxy) is 3. The number of benzene rings is 1. The van der Waals surface area contributed by atoms with Crippen LogP contribution in [0.1, 0.15) is 24.2 Å². The monoisotopic (exact) mass is 354 g/mol. The fourth-order valence-corrected chi connectivity index (χ4v) is 2.09. The van der Waals surface area contributed by atoms with Gasteiger partial charge in [-0.05, 0) is 26.0 Å². The molecule has 0 spiro atoms. The summed E-state index contributed by atoms with van der Waals surface area (Å²) in [6.07, 6.45) is 0. The number of nitrogens with two attached hydrogens (primary N) is 1. The SMILES string of the molecule is COc1cc(C(=O)N(CC(=O)O)C(C)C)cc(OC)c1OCC(N)=O. The lowest BCUT2D eigenvalue weighted by molar-refractivity contribution is -0.138. The van der Waals surface area contributed by atoms with Crippen molar-refractivity contribution in [3.8, 4) is 17.2 Å². The van der Waals surface area contributed by atoms with Gasteiger partial charge >= 0.3 is 5.97 Å². The second-order valence-corrected chi connectivity index (χ2v) is 5.39. The number of carbonyl (C=O) groups excluding carboxylic acids is 2. The maximum Gasteiger partial charge on any atom is 0.323 e. The number of nitrogens with zero attached hydrogens (tertiary/aromatic N) is 1. The third-order valence-electron chi connectivity index (χ3n) is 3.26. The van der Waals surface area contributed by atoms with Crippen molar-refractivity contribution in [2.24, 2.45) is 5.73 Å². The van der Waals surface area contributed by atoms with Gasteiger partial charge in [0.1, 0.15) is 6.54 Å². The maximum atomic E-state index is 12.7. The van der Waals surface area contributed by atoms with Crippen LogP contribution in [0.25, 0.3) is 0 Å². The van der Waals surface area contributed by atoms with E-state index in [-0.39, 0.29) is 28.9 Å². The molecule has 1 aromatic carbocycles. The van der Waals surface area contributed by atoms with Crippen molar-refractivity contribution in [3.05, 3.63) is 17.7 Å². The van der Waals surface area contributed by atoms with E-state index < -0.39 is 30.9 Å². The van der Waals surface area contributed by atoms with Crippen molar-refractivity contribution >= 4 is 17.8 Å². The summed E-state index contributed by atoms with van der Waals surface area (Å²) in [6, 6.07) is 2.45. The Hall–Kier alpha value is -2.97. The summed E-state index contributed by atoms with van der Waals surface area (Å²) in [7, 11) is 2.72. The Labute approximate surface area is 145 Å². The van der Waals surface area contributed by atoms with Crippen LogP contribution in [0, 0.1) is 0 Å². The van der Waals surface area contributed by atoms with E-state index in [0.29, 0.717) is 0 Å². The number of hydrogen-bond donors (Lipinski definition) is 2. The Bertz CT molecular complexity index is 633. The van der Waals surface area contributed by atoms with Gasteiger partial charge in [-0.25, -0.2) is 0 Å². The number of methoxy groups -OCH3 is 2. The molecule has 0 aromatic heterocycles. The molecule has 9 nitrogen and oxygen atoms in total. The van der Waals surface area contributed by atoms with E-state index in [0.717, 1.165) is 0 Å². The minimum absolute atomic E-state index is 0.120. The van der Waals surface area contributed by atoms with Crippen LogP contribution < -0.4 is 19.9 Å². The van der Waals surface area contributed by atoms with E-state index in [1.165, 1.54) is 31.3 Å². The lowest BCUT2D eigenvalue weighted by Gasteiger charge is -2.25. The molecule has 3 N–H and O–H groups in total. The Morgan fingerprint density at radius 2 is 1.68 bits per heavy atom. The van der Waals surface area contributed by atoms with Crippen molar-refractivity contribution in [1.29, 1.82) is 0 Å². The average Bonchev–Trinajstić information content (AvgIpc) is 2.55. The van der Waals surface area contributed by atoms with Crippen LogP contribution in [0.4, 0.5) is 0 Å². The van der Waals surface area contributed by atoms with Crippen LogP contribution >= 0.6 is 0 Å². The zero-order chi connectivity index (χ0) is 19.1. The minimum atomic E-state index is -1.12. The third-order valence-corrected chi connectivity index (χ3v) is 3.26. The molecule has 9 heteroatoms. The fraction of sp³-hybridized carbons (Fsp3) is 0.438. The highest BCUT2D eigenvalue weighted by molar-refractivity contribution is 5.97. The second kappa shape index (κ2) is 8.76. The molecule has 25 heavy (non-hydrogen) atoms. The quantitative estimate of drug-likeness (QED) is 0.661. The van der Waals surface area contributed by atoms with Gasteiger partial charge in [0.2, 0.25) is 5.75 Å². The number of primary amides is 1. The molecule has 0 fully saturated rings. The third kappa shape index (κ3) is 5.27. The topological polar surface area (TPSA) is 128 Å². The first kappa shape index (κ1) is 20.1. The molecule has 0 bridgehead atoms. The molecular formula is C16H22N2O7. The van der Waals surface area contributed by atoms with Gasteiger partial charge < -0.3 is 30.0 Å². The van der Waals surface area contributed by atoms with E-state index >= 15 is 0 Å². The first-order chi connectivity index (χ1) is 11.7. The summed E-state index contributed by atoms with van der Waals surface area (Å²) >= 11 is 0. The molecule has 1 aromatic rings. The van der Waals surface area contributed by atoms with E-state index in [4.69, 9.17) is 25.1 Å². The van der Waals surface area contributed by atoms with Gasteiger partial charge in [0.15, 0.2) is 18.1 Å². The molecular weight excluding hydrogens is 332 g/mol. The summed E-state index contributed by atoms with van der Waals surface area (Å²) in [4.78, 5) is 35.8. The lowest BCUT2D eigenvalue weighted by Crippen LogP contribution is -2.40. The second-order valence-electron chi connectivity index (χ2n) is 5.39. The fourth-order valence-electron chi connectivity index (χ4n) is 2.09. The van der Waals surface area contributed by atoms with Gasteiger partial charge in [-0.2, -0.15) is 0 Å². The molecule has 0 aliphatic rings. The Balaban J connectivity index is 3.29. The number of hydrogen-bond acceptors (Lipinski definition) is 6. The molecule has 2 amide bonds. The molecule has 0 aliphatic heterocycles. The number of aliphatic carboxylic acids is 1. The summed E-state index contributed by atoms with van der Waals surface area (Å²) in [6.45, 7) is 2.58. The van der Waals surface area contributed by atoms with Gasteiger partial charge in [0, 0.05) is 11.6 Å². The van der Waals surface area contributed by atoms with Crippen LogP contribution in [0.3, 0.4) is 0 Å². The van der Waals surface area contributed by atoms with Crippen LogP contribution in [0.5, 0.6) is 17.2 Å². The molecule has 0 saturated heterocycles. The summed E-state index contributed by atoms with van der Waals surface area (Å²) < 4.78 is 15.7. The van der Waals surface area contributed by atoms with Crippen LogP contribution in [-0.2, 0) is 9.59 Å². The number of carboxylic acids is 1. The zero-order valence-electron chi connectivity index (χ0n) is 14.6. The van der Waals surface area contributed by atoms with Crippen molar-refractivity contribution in [2.45, 2.75) is 19.9 Å². The Morgan fingerprint density at radius 1 is 1.16 bits per heavy atom. The van der Waals surface area contributed by atoms with Gasteiger partial charge in [-0.3, -0.25) is 14.4 Å². The van der Waals surface area contributed by atoms with Gasteiger partial charge in [0.25, 0.3) is 11.8 Å². The molecule has 0 aliphatic carbocycles. The van der Waals surface area contributed by atoms with Gasteiger partial charge in [0.05, 0.1) is 14.2 Å². The smallest absolute Gasteiger partial charge is 0.323 e. The number of carboxylic acid groups (broad SMARTS) is 1. The van der Waals surface area contributed by atoms with Crippen LogP contribution in [0.2, 0.25) is 0 Å². The summed E-state index contributed by atoms with van der Waals surface area (Å²) in [5.41, 5.74) is 5.22.